The van der Waals surface area contributed by atoms with Gasteiger partial charge in [0.05, 0.1) is 0 Å². The lowest BCUT2D eigenvalue weighted by atomic mass is 9.97. The van der Waals surface area contributed by atoms with E-state index < -0.39 is 0 Å². The molecule has 1 aromatic heterocycles. The van der Waals surface area contributed by atoms with E-state index in [0.717, 1.165) is 36.9 Å². The third kappa shape index (κ3) is 1.11. The van der Waals surface area contributed by atoms with E-state index >= 15 is 0 Å². The van der Waals surface area contributed by atoms with E-state index in [0.29, 0.717) is 0 Å². The predicted octanol–water partition coefficient (Wildman–Crippen LogP) is 1.49. The Morgan fingerprint density at radius 3 is 2.82 bits per heavy atom. The number of aromatic nitrogens is 2. The number of hydrogen-bond acceptors (Lipinski definition) is 2. The van der Waals surface area contributed by atoms with Crippen LogP contribution in [0, 0.1) is 5.95 Å². The zero-order valence-corrected chi connectivity index (χ0v) is 6.18. The van der Waals surface area contributed by atoms with Crippen molar-refractivity contribution in [1.29, 1.82) is 0 Å². The molecule has 0 N–H and O–H groups in total. The Hall–Kier alpha value is -0.990. The van der Waals surface area contributed by atoms with Crippen LogP contribution in [0.3, 0.4) is 0 Å². The molecule has 11 heavy (non-hydrogen) atoms. The molecule has 1 aromatic rings. The van der Waals surface area contributed by atoms with Crippen molar-refractivity contribution in [1.82, 2.24) is 9.97 Å². The highest BCUT2D eigenvalue weighted by atomic mass is 19.1. The smallest absolute Gasteiger partial charge is 0.219 e. The molecule has 0 atom stereocenters. The van der Waals surface area contributed by atoms with E-state index in [1.165, 1.54) is 6.33 Å². The van der Waals surface area contributed by atoms with Crippen LogP contribution in [0.1, 0.15) is 24.1 Å². The van der Waals surface area contributed by atoms with Crippen molar-refractivity contribution < 1.29 is 4.39 Å². The number of nitrogens with zero attached hydrogens (tertiary/aromatic N) is 2. The highest BCUT2D eigenvalue weighted by Gasteiger charge is 2.14. The first-order valence-corrected chi connectivity index (χ1v) is 3.86. The van der Waals surface area contributed by atoms with E-state index in [1.54, 1.807) is 0 Å². The van der Waals surface area contributed by atoms with Crippen LogP contribution in [0.2, 0.25) is 0 Å². The van der Waals surface area contributed by atoms with E-state index in [4.69, 9.17) is 0 Å². The van der Waals surface area contributed by atoms with Crippen molar-refractivity contribution in [2.24, 2.45) is 0 Å². The Morgan fingerprint density at radius 1 is 1.18 bits per heavy atom. The number of halogens is 1. The second-order valence-corrected chi connectivity index (χ2v) is 2.80. The fraction of sp³-hybridized carbons (Fsp3) is 0.500. The van der Waals surface area contributed by atoms with Gasteiger partial charge >= 0.3 is 0 Å². The van der Waals surface area contributed by atoms with Crippen molar-refractivity contribution in [3.8, 4) is 0 Å². The zero-order chi connectivity index (χ0) is 7.68. The van der Waals surface area contributed by atoms with Crippen LogP contribution < -0.4 is 0 Å². The van der Waals surface area contributed by atoms with Crippen molar-refractivity contribution in [2.45, 2.75) is 25.7 Å². The van der Waals surface area contributed by atoms with E-state index in [1.807, 2.05) is 0 Å². The van der Waals surface area contributed by atoms with Gasteiger partial charge in [-0.05, 0) is 25.7 Å². The fourth-order valence-electron chi connectivity index (χ4n) is 1.48. The second kappa shape index (κ2) is 2.57. The Kier molecular flexibility index (Phi) is 1.56. The third-order valence-electron chi connectivity index (χ3n) is 2.07. The SMILES string of the molecule is Fc1ncnc2c1CCCC2. The maximum absolute atomic E-state index is 12.9. The summed E-state index contributed by atoms with van der Waals surface area (Å²) < 4.78 is 12.9. The Morgan fingerprint density at radius 2 is 2.00 bits per heavy atom. The molecule has 0 aromatic carbocycles. The predicted molar refractivity (Wildman–Crippen MR) is 38.6 cm³/mol. The lowest BCUT2D eigenvalue weighted by Crippen LogP contribution is -2.08. The van der Waals surface area contributed by atoms with Crippen LogP contribution in [0.5, 0.6) is 0 Å². The van der Waals surface area contributed by atoms with Gasteiger partial charge in [-0.3, -0.25) is 0 Å². The summed E-state index contributed by atoms with van der Waals surface area (Å²) in [7, 11) is 0. The molecule has 0 amide bonds. The molecule has 1 aliphatic rings. The first-order chi connectivity index (χ1) is 5.38. The van der Waals surface area contributed by atoms with Gasteiger partial charge in [-0.15, -0.1) is 0 Å². The summed E-state index contributed by atoms with van der Waals surface area (Å²) in [4.78, 5) is 7.54. The number of aryl methyl sites for hydroxylation is 1. The van der Waals surface area contributed by atoms with Gasteiger partial charge in [-0.25, -0.2) is 9.97 Å². The molecular formula is C8H9FN2. The average Bonchev–Trinajstić information content (AvgIpc) is 2.06. The van der Waals surface area contributed by atoms with Gasteiger partial charge in [0.15, 0.2) is 0 Å². The molecule has 1 aliphatic carbocycles. The van der Waals surface area contributed by atoms with E-state index in [2.05, 4.69) is 9.97 Å². The van der Waals surface area contributed by atoms with Crippen LogP contribution in [-0.4, -0.2) is 9.97 Å². The summed E-state index contributed by atoms with van der Waals surface area (Å²) in [5.74, 6) is -0.324. The Balaban J connectivity index is 2.49. The molecule has 0 radical (unpaired) electrons. The third-order valence-corrected chi connectivity index (χ3v) is 2.07. The molecule has 0 bridgehead atoms. The quantitative estimate of drug-likeness (QED) is 0.526. The molecule has 3 heteroatoms. The molecule has 2 rings (SSSR count). The molecular weight excluding hydrogens is 143 g/mol. The summed E-state index contributed by atoms with van der Waals surface area (Å²) in [5.41, 5.74) is 1.64. The average molecular weight is 152 g/mol. The molecule has 0 spiro atoms. The molecule has 0 saturated heterocycles. The normalized spacial score (nSPS) is 16.1. The van der Waals surface area contributed by atoms with Crippen LogP contribution >= 0.6 is 0 Å². The van der Waals surface area contributed by atoms with Gasteiger partial charge in [0.2, 0.25) is 5.95 Å². The van der Waals surface area contributed by atoms with Gasteiger partial charge in [0.1, 0.15) is 6.33 Å². The standard InChI is InChI=1S/C8H9FN2/c9-8-6-3-1-2-4-7(6)10-5-11-8/h5H,1-4H2. The summed E-state index contributed by atoms with van der Waals surface area (Å²) in [5, 5.41) is 0. The lowest BCUT2D eigenvalue weighted by Gasteiger charge is -2.12. The van der Waals surface area contributed by atoms with Gasteiger partial charge in [-0.2, -0.15) is 4.39 Å². The van der Waals surface area contributed by atoms with Gasteiger partial charge in [-0.1, -0.05) is 0 Å². The highest BCUT2D eigenvalue weighted by molar-refractivity contribution is 5.19. The number of fused-ring (bicyclic) bond motifs is 1. The topological polar surface area (TPSA) is 25.8 Å². The number of rotatable bonds is 0. The summed E-state index contributed by atoms with van der Waals surface area (Å²) >= 11 is 0. The van der Waals surface area contributed by atoms with Crippen molar-refractivity contribution in [2.75, 3.05) is 0 Å². The molecule has 0 aliphatic heterocycles. The van der Waals surface area contributed by atoms with Crippen molar-refractivity contribution in [3.05, 3.63) is 23.5 Å². The van der Waals surface area contributed by atoms with Crippen LogP contribution in [0.4, 0.5) is 4.39 Å². The Bertz CT molecular complexity index is 273. The molecule has 0 saturated carbocycles. The fourth-order valence-corrected chi connectivity index (χ4v) is 1.48. The molecule has 58 valence electrons. The second-order valence-electron chi connectivity index (χ2n) is 2.80. The van der Waals surface area contributed by atoms with Crippen LogP contribution in [-0.2, 0) is 12.8 Å². The lowest BCUT2D eigenvalue weighted by molar-refractivity contribution is 0.532. The minimum atomic E-state index is -0.324. The van der Waals surface area contributed by atoms with Gasteiger partial charge < -0.3 is 0 Å². The van der Waals surface area contributed by atoms with Crippen LogP contribution in [0.15, 0.2) is 6.33 Å². The molecule has 0 unspecified atom stereocenters. The summed E-state index contributed by atoms with van der Waals surface area (Å²) in [6, 6.07) is 0. The maximum atomic E-state index is 12.9. The van der Waals surface area contributed by atoms with Gasteiger partial charge in [0.25, 0.3) is 0 Å². The first kappa shape index (κ1) is 6.70. The summed E-state index contributed by atoms with van der Waals surface area (Å²) in [6.45, 7) is 0. The van der Waals surface area contributed by atoms with Crippen molar-refractivity contribution >= 4 is 0 Å². The largest absolute Gasteiger partial charge is 0.241 e. The van der Waals surface area contributed by atoms with E-state index in [-0.39, 0.29) is 5.95 Å². The van der Waals surface area contributed by atoms with Crippen LogP contribution in [0.25, 0.3) is 0 Å². The monoisotopic (exact) mass is 152 g/mol. The first-order valence-electron chi connectivity index (χ1n) is 3.86. The maximum Gasteiger partial charge on any atom is 0.219 e. The molecule has 1 heterocycles. The van der Waals surface area contributed by atoms with Crippen molar-refractivity contribution in [3.63, 3.8) is 0 Å². The molecule has 0 fully saturated rings. The zero-order valence-electron chi connectivity index (χ0n) is 6.18. The highest BCUT2D eigenvalue weighted by Crippen LogP contribution is 2.19. The van der Waals surface area contributed by atoms with E-state index in [9.17, 15) is 4.39 Å². The minimum absolute atomic E-state index is 0.324. The molecule has 2 nitrogen and oxygen atoms in total. The summed E-state index contributed by atoms with van der Waals surface area (Å²) in [6.07, 6.45) is 5.22. The Labute approximate surface area is 64.5 Å². The number of hydrogen-bond donors (Lipinski definition) is 0. The minimum Gasteiger partial charge on any atom is -0.241 e. The van der Waals surface area contributed by atoms with Gasteiger partial charge in [0, 0.05) is 11.3 Å².